The molecule has 0 aromatic rings. The molecule has 0 aliphatic carbocycles. The van der Waals surface area contributed by atoms with Gasteiger partial charge in [-0.25, -0.2) is 0 Å². The Kier molecular flexibility index (Phi) is 11.0. The highest BCUT2D eigenvalue weighted by atomic mass is 32.1. The summed E-state index contributed by atoms with van der Waals surface area (Å²) >= 11 is 4.36. The number of unbranched alkanes of at least 4 members (excludes halogenated alkanes) is 2. The zero-order valence-corrected chi connectivity index (χ0v) is 11.7. The molecule has 0 aliphatic rings. The van der Waals surface area contributed by atoms with Crippen molar-refractivity contribution in [2.45, 2.75) is 65.3 Å². The van der Waals surface area contributed by atoms with Gasteiger partial charge in [-0.15, -0.1) is 0 Å². The molecule has 0 spiro atoms. The van der Waals surface area contributed by atoms with Gasteiger partial charge in [0.15, 0.2) is 0 Å². The van der Waals surface area contributed by atoms with Gasteiger partial charge in [-0.05, 0) is 44.5 Å². The molecule has 0 amide bonds. The summed E-state index contributed by atoms with van der Waals surface area (Å²) in [6.45, 7) is 9.42. The first-order valence-corrected chi connectivity index (χ1v) is 7.28. The summed E-state index contributed by atoms with van der Waals surface area (Å²) < 4.78 is 0. The number of rotatable bonds is 10. The maximum Gasteiger partial charge on any atom is 0.0100 e. The number of nitrogens with zero attached hydrogens (tertiary/aromatic N) is 1. The van der Waals surface area contributed by atoms with E-state index in [0.29, 0.717) is 0 Å². The predicted molar refractivity (Wildman–Crippen MR) is 73.9 cm³/mol. The fourth-order valence-electron chi connectivity index (χ4n) is 1.99. The summed E-state index contributed by atoms with van der Waals surface area (Å²) in [6.07, 6.45) is 7.81. The molecule has 0 rings (SSSR count). The monoisotopic (exact) mass is 231 g/mol. The van der Waals surface area contributed by atoms with Crippen molar-refractivity contribution in [1.29, 1.82) is 0 Å². The maximum atomic E-state index is 4.36. The highest BCUT2D eigenvalue weighted by Gasteiger charge is 2.14. The highest BCUT2D eigenvalue weighted by Crippen LogP contribution is 2.12. The predicted octanol–water partition coefficient (Wildman–Crippen LogP) is 3.99. The van der Waals surface area contributed by atoms with Crippen LogP contribution in [-0.4, -0.2) is 29.8 Å². The molecule has 0 fully saturated rings. The third-order valence-corrected chi connectivity index (χ3v) is 3.31. The third kappa shape index (κ3) is 7.24. The van der Waals surface area contributed by atoms with Gasteiger partial charge in [0, 0.05) is 6.04 Å². The van der Waals surface area contributed by atoms with Crippen LogP contribution < -0.4 is 0 Å². The Hall–Kier alpha value is 0.310. The zero-order valence-electron chi connectivity index (χ0n) is 10.8. The second-order valence-electron chi connectivity index (χ2n) is 4.32. The summed E-state index contributed by atoms with van der Waals surface area (Å²) in [5.41, 5.74) is 0. The fourth-order valence-corrected chi connectivity index (χ4v) is 2.29. The van der Waals surface area contributed by atoms with E-state index in [1.165, 1.54) is 51.6 Å². The van der Waals surface area contributed by atoms with Gasteiger partial charge in [-0.2, -0.15) is 12.6 Å². The van der Waals surface area contributed by atoms with Gasteiger partial charge in [0.2, 0.25) is 0 Å². The van der Waals surface area contributed by atoms with Crippen molar-refractivity contribution in [2.75, 3.05) is 18.8 Å². The Labute approximate surface area is 102 Å². The lowest BCUT2D eigenvalue weighted by molar-refractivity contribution is 0.181. The lowest BCUT2D eigenvalue weighted by Crippen LogP contribution is -2.36. The lowest BCUT2D eigenvalue weighted by atomic mass is 10.1. The molecule has 0 saturated heterocycles. The maximum absolute atomic E-state index is 4.36. The summed E-state index contributed by atoms with van der Waals surface area (Å²) in [5.74, 6) is 1.02. The van der Waals surface area contributed by atoms with E-state index in [1.54, 1.807) is 0 Å². The standard InChI is InChI=1S/C13H29NS/c1-4-7-10-14(11-8-5-2)13(6-3)9-12-15/h13,15H,4-12H2,1-3H3. The minimum atomic E-state index is 0.764. The zero-order chi connectivity index (χ0) is 11.5. The summed E-state index contributed by atoms with van der Waals surface area (Å²) in [6, 6.07) is 0.764. The van der Waals surface area contributed by atoms with Crippen molar-refractivity contribution in [3.63, 3.8) is 0 Å². The van der Waals surface area contributed by atoms with Crippen molar-refractivity contribution in [2.24, 2.45) is 0 Å². The van der Waals surface area contributed by atoms with Crippen molar-refractivity contribution in [3.8, 4) is 0 Å². The summed E-state index contributed by atoms with van der Waals surface area (Å²) in [7, 11) is 0. The van der Waals surface area contributed by atoms with Gasteiger partial charge in [0.05, 0.1) is 0 Å². The van der Waals surface area contributed by atoms with E-state index < -0.39 is 0 Å². The minimum absolute atomic E-state index is 0.764. The Balaban J connectivity index is 4.02. The number of thiol groups is 1. The Morgan fingerprint density at radius 3 is 1.87 bits per heavy atom. The van der Waals surface area contributed by atoms with Crippen molar-refractivity contribution >= 4 is 12.6 Å². The van der Waals surface area contributed by atoms with Crippen molar-refractivity contribution in [1.82, 2.24) is 4.90 Å². The van der Waals surface area contributed by atoms with Crippen LogP contribution in [-0.2, 0) is 0 Å². The van der Waals surface area contributed by atoms with Gasteiger partial charge in [-0.3, -0.25) is 0 Å². The largest absolute Gasteiger partial charge is 0.300 e. The molecule has 15 heavy (non-hydrogen) atoms. The average molecular weight is 231 g/mol. The first-order chi connectivity index (χ1) is 7.29. The molecule has 0 radical (unpaired) electrons. The first-order valence-electron chi connectivity index (χ1n) is 6.64. The van der Waals surface area contributed by atoms with Crippen LogP contribution in [0.5, 0.6) is 0 Å². The van der Waals surface area contributed by atoms with Gasteiger partial charge >= 0.3 is 0 Å². The van der Waals surface area contributed by atoms with E-state index in [1.807, 2.05) is 0 Å². The molecule has 92 valence electrons. The fraction of sp³-hybridized carbons (Fsp3) is 1.00. The second-order valence-corrected chi connectivity index (χ2v) is 4.76. The normalized spacial score (nSPS) is 13.4. The molecular weight excluding hydrogens is 202 g/mol. The summed E-state index contributed by atoms with van der Waals surface area (Å²) in [5, 5.41) is 0. The van der Waals surface area contributed by atoms with E-state index in [2.05, 4.69) is 38.3 Å². The second kappa shape index (κ2) is 10.8. The SMILES string of the molecule is CCCCN(CCCC)C(CC)CCS. The van der Waals surface area contributed by atoms with Crippen LogP contribution in [0.3, 0.4) is 0 Å². The van der Waals surface area contributed by atoms with E-state index in [4.69, 9.17) is 0 Å². The molecule has 1 unspecified atom stereocenters. The van der Waals surface area contributed by atoms with Crippen molar-refractivity contribution < 1.29 is 0 Å². The Morgan fingerprint density at radius 2 is 1.53 bits per heavy atom. The summed E-state index contributed by atoms with van der Waals surface area (Å²) in [4.78, 5) is 2.68. The smallest absolute Gasteiger partial charge is 0.0100 e. The molecule has 0 N–H and O–H groups in total. The molecule has 0 aromatic heterocycles. The van der Waals surface area contributed by atoms with Crippen LogP contribution >= 0.6 is 12.6 Å². The number of hydrogen-bond donors (Lipinski definition) is 1. The van der Waals surface area contributed by atoms with Crippen LogP contribution in [0, 0.1) is 0 Å². The number of hydrogen-bond acceptors (Lipinski definition) is 2. The molecular formula is C13H29NS. The van der Waals surface area contributed by atoms with Crippen LogP contribution in [0.15, 0.2) is 0 Å². The quantitative estimate of drug-likeness (QED) is 0.557. The topological polar surface area (TPSA) is 3.24 Å². The average Bonchev–Trinajstić information content (AvgIpc) is 2.27. The molecule has 1 nitrogen and oxygen atoms in total. The van der Waals surface area contributed by atoms with E-state index >= 15 is 0 Å². The lowest BCUT2D eigenvalue weighted by Gasteiger charge is -2.30. The van der Waals surface area contributed by atoms with E-state index in [0.717, 1.165) is 11.8 Å². The molecule has 0 bridgehead atoms. The molecule has 0 saturated carbocycles. The molecule has 0 heterocycles. The van der Waals surface area contributed by atoms with Crippen LogP contribution in [0.4, 0.5) is 0 Å². The molecule has 1 atom stereocenters. The van der Waals surface area contributed by atoms with Gasteiger partial charge in [0.1, 0.15) is 0 Å². The minimum Gasteiger partial charge on any atom is -0.300 e. The Bertz CT molecular complexity index is 120. The van der Waals surface area contributed by atoms with Gasteiger partial charge < -0.3 is 4.90 Å². The van der Waals surface area contributed by atoms with E-state index in [9.17, 15) is 0 Å². The molecule has 0 aliphatic heterocycles. The Morgan fingerprint density at radius 1 is 1.00 bits per heavy atom. The van der Waals surface area contributed by atoms with Crippen molar-refractivity contribution in [3.05, 3.63) is 0 Å². The molecule has 2 heteroatoms. The van der Waals surface area contributed by atoms with Crippen LogP contribution in [0.25, 0.3) is 0 Å². The van der Waals surface area contributed by atoms with E-state index in [-0.39, 0.29) is 0 Å². The van der Waals surface area contributed by atoms with Crippen LogP contribution in [0.1, 0.15) is 59.3 Å². The highest BCUT2D eigenvalue weighted by molar-refractivity contribution is 7.80. The van der Waals surface area contributed by atoms with Crippen LogP contribution in [0.2, 0.25) is 0 Å². The third-order valence-electron chi connectivity index (χ3n) is 3.05. The van der Waals surface area contributed by atoms with Gasteiger partial charge in [0.25, 0.3) is 0 Å². The first kappa shape index (κ1) is 15.3. The van der Waals surface area contributed by atoms with Gasteiger partial charge in [-0.1, -0.05) is 33.6 Å². The molecule has 0 aromatic carbocycles.